The lowest BCUT2D eigenvalue weighted by Gasteiger charge is -2.52. The maximum absolute atomic E-state index is 13.7. The maximum Gasteiger partial charge on any atom is 0.246 e. The Morgan fingerprint density at radius 2 is 1.53 bits per heavy atom. The second-order valence-corrected chi connectivity index (χ2v) is 12.7. The monoisotopic (exact) mass is 610 g/mol. The van der Waals surface area contributed by atoms with Gasteiger partial charge in [0.1, 0.15) is 11.6 Å². The molecule has 1 saturated carbocycles. The highest BCUT2D eigenvalue weighted by molar-refractivity contribution is 6.00. The molecule has 2 heterocycles. The average Bonchev–Trinajstić information content (AvgIpc) is 3.40. The van der Waals surface area contributed by atoms with Crippen molar-refractivity contribution >= 4 is 35.8 Å². The molecule has 3 aliphatic rings. The van der Waals surface area contributed by atoms with Crippen LogP contribution in [0.1, 0.15) is 88.3 Å². The number of hydrogen-bond donors (Lipinski definition) is 3. The Kier molecular flexibility index (Phi) is 10.9. The molecule has 1 atom stereocenters. The number of hydrogen-bond acceptors (Lipinski definition) is 5. The summed E-state index contributed by atoms with van der Waals surface area (Å²) < 4.78 is 0. The number of nitrogens with one attached hydrogen (secondary N) is 2. The maximum atomic E-state index is 13.7. The number of nitrogens with zero attached hydrogens (tertiary/aromatic N) is 2. The zero-order valence-corrected chi connectivity index (χ0v) is 26.4. The quantitative estimate of drug-likeness (QED) is 0.358. The molecule has 2 aromatic rings. The molecule has 43 heavy (non-hydrogen) atoms. The molecule has 0 bridgehead atoms. The molecule has 2 aromatic carbocycles. The predicted octanol–water partition coefficient (Wildman–Crippen LogP) is 4.81. The van der Waals surface area contributed by atoms with Gasteiger partial charge in [0.15, 0.2) is 0 Å². The van der Waals surface area contributed by atoms with E-state index in [-0.39, 0.29) is 30.1 Å². The fourth-order valence-corrected chi connectivity index (χ4v) is 7.02. The Labute approximate surface area is 262 Å². The highest BCUT2D eigenvalue weighted by Gasteiger charge is 2.54. The Hall–Kier alpha value is -2.94. The van der Waals surface area contributed by atoms with Gasteiger partial charge in [-0.25, -0.2) is 0 Å². The molecule has 1 spiro atoms. The molecular weight excluding hydrogens is 564 g/mol. The van der Waals surface area contributed by atoms with Gasteiger partial charge in [0.2, 0.25) is 17.7 Å². The standard InChI is InChI=1S/C34H46N4O4.ClH/c1-3-4-19-38-31(40)30(23-33(42)15-5-6-16-33)36-32(41)34(38)17-20-37(21-18-34)24-28-9-7-26(8-10-28)22-27-11-13-29(14-12-27)35-25(2)39;/h7-14,30,42H,3-6,15-24H2,1-2H3,(H,35,39)(H,36,41);1H/t30-;/m1./s1. The summed E-state index contributed by atoms with van der Waals surface area (Å²) in [5, 5.41) is 16.8. The highest BCUT2D eigenvalue weighted by atomic mass is 35.5. The summed E-state index contributed by atoms with van der Waals surface area (Å²) in [6.45, 7) is 6.52. The predicted molar refractivity (Wildman–Crippen MR) is 171 cm³/mol. The van der Waals surface area contributed by atoms with Crippen molar-refractivity contribution in [2.24, 2.45) is 0 Å². The Morgan fingerprint density at radius 1 is 0.953 bits per heavy atom. The van der Waals surface area contributed by atoms with Crippen molar-refractivity contribution in [2.75, 3.05) is 25.0 Å². The van der Waals surface area contributed by atoms with E-state index in [0.29, 0.717) is 38.6 Å². The first-order chi connectivity index (χ1) is 20.2. The van der Waals surface area contributed by atoms with Crippen LogP contribution >= 0.6 is 12.4 Å². The molecule has 8 nitrogen and oxygen atoms in total. The summed E-state index contributed by atoms with van der Waals surface area (Å²) >= 11 is 0. The fourth-order valence-electron chi connectivity index (χ4n) is 7.02. The van der Waals surface area contributed by atoms with Gasteiger partial charge in [-0.15, -0.1) is 12.4 Å². The van der Waals surface area contributed by atoms with Crippen LogP contribution in [0.4, 0.5) is 5.69 Å². The number of anilines is 1. The van der Waals surface area contributed by atoms with Crippen molar-refractivity contribution in [3.63, 3.8) is 0 Å². The Morgan fingerprint density at radius 3 is 2.12 bits per heavy atom. The van der Waals surface area contributed by atoms with Crippen LogP contribution in [0.5, 0.6) is 0 Å². The van der Waals surface area contributed by atoms with Crippen LogP contribution in [0.25, 0.3) is 0 Å². The molecule has 1 aliphatic carbocycles. The number of benzene rings is 2. The van der Waals surface area contributed by atoms with Crippen molar-refractivity contribution in [3.8, 4) is 0 Å². The van der Waals surface area contributed by atoms with E-state index in [4.69, 9.17) is 0 Å². The summed E-state index contributed by atoms with van der Waals surface area (Å²) in [7, 11) is 0. The van der Waals surface area contributed by atoms with Crippen LogP contribution in [0.2, 0.25) is 0 Å². The van der Waals surface area contributed by atoms with E-state index in [1.54, 1.807) is 0 Å². The largest absolute Gasteiger partial charge is 0.390 e. The summed E-state index contributed by atoms with van der Waals surface area (Å²) in [4.78, 5) is 42.9. The van der Waals surface area contributed by atoms with Gasteiger partial charge in [-0.3, -0.25) is 19.3 Å². The third-order valence-corrected chi connectivity index (χ3v) is 9.46. The number of carbonyl (C=O) groups excluding carboxylic acids is 3. The number of carbonyl (C=O) groups is 3. The van der Waals surface area contributed by atoms with E-state index in [9.17, 15) is 19.5 Å². The van der Waals surface area contributed by atoms with Crippen molar-refractivity contribution in [1.29, 1.82) is 0 Å². The summed E-state index contributed by atoms with van der Waals surface area (Å²) in [5.41, 5.74) is 2.81. The molecule has 2 aliphatic heterocycles. The number of rotatable bonds is 10. The minimum Gasteiger partial charge on any atom is -0.390 e. The zero-order chi connectivity index (χ0) is 29.7. The van der Waals surface area contributed by atoms with E-state index in [1.807, 2.05) is 29.2 Å². The minimum atomic E-state index is -0.841. The Bertz CT molecular complexity index is 1250. The lowest BCUT2D eigenvalue weighted by Crippen LogP contribution is -2.73. The summed E-state index contributed by atoms with van der Waals surface area (Å²) in [6, 6.07) is 16.0. The molecule has 5 rings (SSSR count). The van der Waals surface area contributed by atoms with Crippen LogP contribution in [-0.4, -0.2) is 69.4 Å². The average molecular weight is 611 g/mol. The van der Waals surface area contributed by atoms with E-state index >= 15 is 0 Å². The number of piperidine rings is 1. The first-order valence-corrected chi connectivity index (χ1v) is 15.7. The lowest BCUT2D eigenvalue weighted by molar-refractivity contribution is -0.163. The van der Waals surface area contributed by atoms with Crippen LogP contribution < -0.4 is 10.6 Å². The second-order valence-electron chi connectivity index (χ2n) is 12.7. The van der Waals surface area contributed by atoms with Crippen LogP contribution in [0.15, 0.2) is 48.5 Å². The smallest absolute Gasteiger partial charge is 0.246 e. The topological polar surface area (TPSA) is 102 Å². The number of piperazine rings is 1. The van der Waals surface area contributed by atoms with E-state index in [0.717, 1.165) is 57.4 Å². The molecule has 3 N–H and O–H groups in total. The number of unbranched alkanes of at least 4 members (excludes halogenated alkanes) is 1. The van der Waals surface area contributed by atoms with Gasteiger partial charge in [-0.05, 0) is 67.3 Å². The SMILES string of the molecule is CCCCN1C(=O)[C@@H](CC2(O)CCCC2)NC(=O)C12CCN(Cc1ccc(Cc3ccc(NC(C)=O)cc3)cc1)CC2.Cl. The molecule has 9 heteroatoms. The van der Waals surface area contributed by atoms with Crippen molar-refractivity contribution in [1.82, 2.24) is 15.1 Å². The number of amides is 3. The van der Waals surface area contributed by atoms with Gasteiger partial charge < -0.3 is 20.6 Å². The first-order valence-electron chi connectivity index (χ1n) is 15.7. The molecule has 234 valence electrons. The van der Waals surface area contributed by atoms with E-state index in [1.165, 1.54) is 23.6 Å². The normalized spacial score (nSPS) is 21.4. The first kappa shape index (κ1) is 33.0. The van der Waals surface area contributed by atoms with Crippen LogP contribution in [0, 0.1) is 0 Å². The number of halogens is 1. The van der Waals surface area contributed by atoms with E-state index in [2.05, 4.69) is 46.7 Å². The third kappa shape index (κ3) is 7.78. The molecule has 0 radical (unpaired) electrons. The van der Waals surface area contributed by atoms with Gasteiger partial charge in [-0.2, -0.15) is 0 Å². The molecule has 2 saturated heterocycles. The molecule has 0 unspecified atom stereocenters. The van der Waals surface area contributed by atoms with Crippen molar-refractivity contribution < 1.29 is 19.5 Å². The zero-order valence-electron chi connectivity index (χ0n) is 25.6. The molecular formula is C34H47ClN4O4. The van der Waals surface area contributed by atoms with Crippen LogP contribution in [-0.2, 0) is 27.3 Å². The molecule has 3 fully saturated rings. The minimum absolute atomic E-state index is 0. The third-order valence-electron chi connectivity index (χ3n) is 9.46. The second kappa shape index (κ2) is 14.2. The lowest BCUT2D eigenvalue weighted by atomic mass is 9.80. The van der Waals surface area contributed by atoms with E-state index < -0.39 is 17.2 Å². The van der Waals surface area contributed by atoms with Gasteiger partial charge in [0, 0.05) is 45.2 Å². The summed E-state index contributed by atoms with van der Waals surface area (Å²) in [6.07, 6.45) is 7.57. The van der Waals surface area contributed by atoms with Crippen molar-refractivity contribution in [2.45, 2.75) is 102 Å². The van der Waals surface area contributed by atoms with Gasteiger partial charge >= 0.3 is 0 Å². The van der Waals surface area contributed by atoms with Gasteiger partial charge in [0.05, 0.1) is 5.60 Å². The summed E-state index contributed by atoms with van der Waals surface area (Å²) in [5.74, 6) is -0.133. The fraction of sp³-hybridized carbons (Fsp3) is 0.559. The number of likely N-dealkylation sites (tertiary alicyclic amines) is 1. The van der Waals surface area contributed by atoms with Gasteiger partial charge in [-0.1, -0.05) is 62.6 Å². The molecule has 0 aromatic heterocycles. The van der Waals surface area contributed by atoms with Gasteiger partial charge in [0.25, 0.3) is 0 Å². The highest BCUT2D eigenvalue weighted by Crippen LogP contribution is 2.38. The molecule has 3 amide bonds. The van der Waals surface area contributed by atoms with Crippen molar-refractivity contribution in [3.05, 3.63) is 65.2 Å². The number of aliphatic hydroxyl groups is 1. The van der Waals surface area contributed by atoms with Crippen LogP contribution in [0.3, 0.4) is 0 Å². The Balaban J connectivity index is 0.00000423.